The van der Waals surface area contributed by atoms with Crippen LogP contribution in [0.25, 0.3) is 6.08 Å². The number of para-hydroxylation sites is 1. The van der Waals surface area contributed by atoms with E-state index in [2.05, 4.69) is 10.4 Å². The van der Waals surface area contributed by atoms with Crippen molar-refractivity contribution in [3.63, 3.8) is 0 Å². The Hall–Kier alpha value is -5.45. The van der Waals surface area contributed by atoms with Crippen LogP contribution in [-0.4, -0.2) is 54.9 Å². The summed E-state index contributed by atoms with van der Waals surface area (Å²) in [6, 6.07) is 17.4. The topological polar surface area (TPSA) is 144 Å². The van der Waals surface area contributed by atoms with E-state index in [1.807, 2.05) is 0 Å². The molecule has 2 amide bonds. The molecule has 2 N–H and O–H groups in total. The number of esters is 1. The number of ether oxygens (including phenoxy) is 3. The Morgan fingerprint density at radius 1 is 1.00 bits per heavy atom. The second kappa shape index (κ2) is 12.6. The summed E-state index contributed by atoms with van der Waals surface area (Å²) in [5, 5.41) is 17.4. The SMILES string of the molecule is CCOc1cc(/C=C2/C(=O)N(c3cccc(C(=O)O)c3)N=C2C)ccc1OCC(=O)Nc1ccccc1C(=O)OC. The van der Waals surface area contributed by atoms with E-state index in [0.29, 0.717) is 46.3 Å². The average Bonchev–Trinajstić information content (AvgIpc) is 3.25. The van der Waals surface area contributed by atoms with Crippen molar-refractivity contribution in [2.24, 2.45) is 5.10 Å². The third kappa shape index (κ3) is 6.59. The van der Waals surface area contributed by atoms with Crippen LogP contribution in [0.5, 0.6) is 11.5 Å². The maximum atomic E-state index is 13.2. The third-order valence-corrected chi connectivity index (χ3v) is 5.94. The van der Waals surface area contributed by atoms with Crippen LogP contribution in [0.15, 0.2) is 77.4 Å². The first-order valence-corrected chi connectivity index (χ1v) is 12.5. The molecule has 11 heteroatoms. The normalized spacial score (nSPS) is 13.5. The standard InChI is InChI=1S/C30H27N3O8/c1-4-40-26-15-19(14-23-18(2)32-33(28(23)35)21-9-7-8-20(16-21)29(36)37)12-13-25(26)41-17-27(34)31-24-11-6-5-10-22(24)30(38)39-3/h5-16H,4,17H2,1-3H3,(H,31,34)(H,36,37)/b23-14+. The second-order valence-corrected chi connectivity index (χ2v) is 8.73. The van der Waals surface area contributed by atoms with Gasteiger partial charge in [-0.3, -0.25) is 9.59 Å². The number of aromatic carboxylic acids is 1. The van der Waals surface area contributed by atoms with Gasteiger partial charge in [0.2, 0.25) is 0 Å². The number of methoxy groups -OCH3 is 1. The van der Waals surface area contributed by atoms with E-state index >= 15 is 0 Å². The van der Waals surface area contributed by atoms with Gasteiger partial charge in [0.05, 0.1) is 47.5 Å². The lowest BCUT2D eigenvalue weighted by molar-refractivity contribution is -0.118. The molecule has 41 heavy (non-hydrogen) atoms. The fourth-order valence-corrected chi connectivity index (χ4v) is 4.01. The lowest BCUT2D eigenvalue weighted by atomic mass is 10.1. The first-order valence-electron chi connectivity index (χ1n) is 12.5. The minimum atomic E-state index is -1.11. The van der Waals surface area contributed by atoms with Gasteiger partial charge < -0.3 is 24.6 Å². The number of benzene rings is 3. The highest BCUT2D eigenvalue weighted by molar-refractivity contribution is 6.32. The number of carboxylic acid groups (broad SMARTS) is 1. The molecule has 0 saturated heterocycles. The maximum Gasteiger partial charge on any atom is 0.339 e. The molecular weight excluding hydrogens is 530 g/mol. The zero-order chi connectivity index (χ0) is 29.5. The van der Waals surface area contributed by atoms with E-state index in [1.54, 1.807) is 68.5 Å². The third-order valence-electron chi connectivity index (χ3n) is 5.94. The lowest BCUT2D eigenvalue weighted by Gasteiger charge is -2.14. The van der Waals surface area contributed by atoms with Crippen molar-refractivity contribution in [3.8, 4) is 11.5 Å². The van der Waals surface area contributed by atoms with Crippen LogP contribution < -0.4 is 19.8 Å². The summed E-state index contributed by atoms with van der Waals surface area (Å²) in [6.45, 7) is 3.45. The number of nitrogens with one attached hydrogen (secondary N) is 1. The number of nitrogens with zero attached hydrogens (tertiary/aromatic N) is 2. The largest absolute Gasteiger partial charge is 0.490 e. The minimum absolute atomic E-state index is 0.0406. The molecule has 0 saturated carbocycles. The van der Waals surface area contributed by atoms with Crippen LogP contribution in [0, 0.1) is 0 Å². The molecule has 0 atom stereocenters. The van der Waals surface area contributed by atoms with Crippen LogP contribution in [0.3, 0.4) is 0 Å². The number of carbonyl (C=O) groups is 4. The van der Waals surface area contributed by atoms with Crippen LogP contribution in [0.2, 0.25) is 0 Å². The number of carbonyl (C=O) groups excluding carboxylic acids is 3. The Kier molecular flexibility index (Phi) is 8.78. The Balaban J connectivity index is 1.49. The molecule has 11 nitrogen and oxygen atoms in total. The van der Waals surface area contributed by atoms with Gasteiger partial charge in [-0.15, -0.1) is 0 Å². The maximum absolute atomic E-state index is 13.2. The quantitative estimate of drug-likeness (QED) is 0.276. The van der Waals surface area contributed by atoms with Gasteiger partial charge in [-0.1, -0.05) is 24.3 Å². The van der Waals surface area contributed by atoms with Gasteiger partial charge in [-0.2, -0.15) is 10.1 Å². The zero-order valence-corrected chi connectivity index (χ0v) is 22.5. The van der Waals surface area contributed by atoms with Gasteiger partial charge in [-0.05, 0) is 68.0 Å². The average molecular weight is 558 g/mol. The van der Waals surface area contributed by atoms with Gasteiger partial charge in [0.25, 0.3) is 11.8 Å². The summed E-state index contributed by atoms with van der Waals surface area (Å²) in [6.07, 6.45) is 1.64. The number of hydrogen-bond donors (Lipinski definition) is 2. The molecule has 0 aliphatic carbocycles. The van der Waals surface area contributed by atoms with Crippen molar-refractivity contribution in [1.82, 2.24) is 0 Å². The minimum Gasteiger partial charge on any atom is -0.490 e. The Morgan fingerprint density at radius 2 is 1.78 bits per heavy atom. The van der Waals surface area contributed by atoms with E-state index in [9.17, 15) is 24.3 Å². The smallest absolute Gasteiger partial charge is 0.339 e. The molecule has 0 bridgehead atoms. The van der Waals surface area contributed by atoms with Crippen LogP contribution in [-0.2, 0) is 14.3 Å². The predicted molar refractivity (Wildman–Crippen MR) is 151 cm³/mol. The molecule has 0 unspecified atom stereocenters. The first kappa shape index (κ1) is 28.6. The van der Waals surface area contributed by atoms with E-state index in [0.717, 1.165) is 5.01 Å². The first-order chi connectivity index (χ1) is 19.7. The Morgan fingerprint density at radius 3 is 2.51 bits per heavy atom. The molecule has 0 fully saturated rings. The number of anilines is 2. The van der Waals surface area contributed by atoms with Crippen molar-refractivity contribution < 1.29 is 38.5 Å². The lowest BCUT2D eigenvalue weighted by Crippen LogP contribution is -2.22. The summed E-state index contributed by atoms with van der Waals surface area (Å²) in [7, 11) is 1.26. The van der Waals surface area contributed by atoms with Gasteiger partial charge >= 0.3 is 11.9 Å². The summed E-state index contributed by atoms with van der Waals surface area (Å²) >= 11 is 0. The predicted octanol–water partition coefficient (Wildman–Crippen LogP) is 4.39. The highest BCUT2D eigenvalue weighted by atomic mass is 16.5. The fraction of sp³-hybridized carbons (Fsp3) is 0.167. The van der Waals surface area contributed by atoms with Gasteiger partial charge in [0.1, 0.15) is 0 Å². The molecule has 0 spiro atoms. The highest BCUT2D eigenvalue weighted by Gasteiger charge is 2.29. The van der Waals surface area contributed by atoms with Gasteiger partial charge in [0, 0.05) is 0 Å². The Labute approximate surface area is 235 Å². The van der Waals surface area contributed by atoms with Crippen molar-refractivity contribution >= 4 is 46.9 Å². The van der Waals surface area contributed by atoms with Crippen molar-refractivity contribution in [2.75, 3.05) is 30.6 Å². The number of hydrazone groups is 1. The zero-order valence-electron chi connectivity index (χ0n) is 22.5. The van der Waals surface area contributed by atoms with Crippen LogP contribution >= 0.6 is 0 Å². The van der Waals surface area contributed by atoms with E-state index in [4.69, 9.17) is 14.2 Å². The van der Waals surface area contributed by atoms with Gasteiger partial charge in [-0.25, -0.2) is 9.59 Å². The molecular formula is C30H27N3O8. The molecule has 1 heterocycles. The number of hydrogen-bond acceptors (Lipinski definition) is 8. The number of carboxylic acids is 1. The monoisotopic (exact) mass is 557 g/mol. The van der Waals surface area contributed by atoms with Crippen LogP contribution in [0.1, 0.15) is 40.1 Å². The fourth-order valence-electron chi connectivity index (χ4n) is 4.01. The van der Waals surface area contributed by atoms with E-state index < -0.39 is 23.8 Å². The summed E-state index contributed by atoms with van der Waals surface area (Å²) in [5.74, 6) is -1.93. The molecule has 0 aromatic heterocycles. The van der Waals surface area contributed by atoms with Crippen molar-refractivity contribution in [2.45, 2.75) is 13.8 Å². The molecule has 3 aromatic carbocycles. The van der Waals surface area contributed by atoms with Crippen molar-refractivity contribution in [3.05, 3.63) is 89.0 Å². The molecule has 210 valence electrons. The molecule has 1 aliphatic rings. The second-order valence-electron chi connectivity index (χ2n) is 8.73. The molecule has 0 radical (unpaired) electrons. The molecule has 4 rings (SSSR count). The number of amides is 2. The molecule has 3 aromatic rings. The summed E-state index contributed by atoms with van der Waals surface area (Å²) in [5.41, 5.74) is 2.29. The highest BCUT2D eigenvalue weighted by Crippen LogP contribution is 2.31. The van der Waals surface area contributed by atoms with Crippen LogP contribution in [0.4, 0.5) is 11.4 Å². The summed E-state index contributed by atoms with van der Waals surface area (Å²) < 4.78 is 16.2. The van der Waals surface area contributed by atoms with Gasteiger partial charge in [0.15, 0.2) is 18.1 Å². The van der Waals surface area contributed by atoms with Crippen molar-refractivity contribution in [1.29, 1.82) is 0 Å². The Bertz CT molecular complexity index is 1580. The van der Waals surface area contributed by atoms with E-state index in [1.165, 1.54) is 25.3 Å². The summed E-state index contributed by atoms with van der Waals surface area (Å²) in [4.78, 5) is 49.0. The number of rotatable bonds is 10. The molecule has 1 aliphatic heterocycles. The van der Waals surface area contributed by atoms with E-state index in [-0.39, 0.29) is 17.7 Å².